The second kappa shape index (κ2) is 9.12. The first-order chi connectivity index (χ1) is 14.2. The van der Waals surface area contributed by atoms with Crippen molar-refractivity contribution in [2.75, 3.05) is 26.4 Å². The van der Waals surface area contributed by atoms with Crippen molar-refractivity contribution in [1.82, 2.24) is 9.80 Å². The number of aryl methyl sites for hydroxylation is 1. The molecular formula is C22H32N2O6. The number of aliphatic hydroxyl groups excluding tert-OH is 1. The SMILES string of the molecule is Cc1cc2c(cc1C(O)N(C=O)CCC1CCN(C(=O)OC(C)(C)C)CC1)OCO2. The highest BCUT2D eigenvalue weighted by Crippen LogP contribution is 2.37. The van der Waals surface area contributed by atoms with Gasteiger partial charge >= 0.3 is 6.09 Å². The number of nitrogens with zero attached hydrogens (tertiary/aromatic N) is 2. The van der Waals surface area contributed by atoms with Crippen molar-refractivity contribution < 1.29 is 28.9 Å². The van der Waals surface area contributed by atoms with Gasteiger partial charge in [0.1, 0.15) is 5.60 Å². The van der Waals surface area contributed by atoms with Crippen LogP contribution in [0, 0.1) is 12.8 Å². The Bertz CT molecular complexity index is 768. The van der Waals surface area contributed by atoms with Crippen LogP contribution in [0.15, 0.2) is 12.1 Å². The van der Waals surface area contributed by atoms with E-state index >= 15 is 0 Å². The number of carbonyl (C=O) groups excluding carboxylic acids is 2. The van der Waals surface area contributed by atoms with Gasteiger partial charge in [-0.25, -0.2) is 4.79 Å². The Balaban J connectivity index is 1.52. The van der Waals surface area contributed by atoms with E-state index in [1.807, 2.05) is 33.8 Å². The first-order valence-corrected chi connectivity index (χ1v) is 10.4. The minimum Gasteiger partial charge on any atom is -0.454 e. The Morgan fingerprint density at radius 1 is 1.30 bits per heavy atom. The lowest BCUT2D eigenvalue weighted by atomic mass is 9.93. The summed E-state index contributed by atoms with van der Waals surface area (Å²) in [6.45, 7) is 9.34. The number of ether oxygens (including phenoxy) is 3. The van der Waals surface area contributed by atoms with Gasteiger partial charge in [0.2, 0.25) is 13.2 Å². The monoisotopic (exact) mass is 420 g/mol. The topological polar surface area (TPSA) is 88.5 Å². The quantitative estimate of drug-likeness (QED) is 0.562. The van der Waals surface area contributed by atoms with Crippen molar-refractivity contribution in [3.8, 4) is 11.5 Å². The lowest BCUT2D eigenvalue weighted by molar-refractivity contribution is -0.128. The summed E-state index contributed by atoms with van der Waals surface area (Å²) in [6, 6.07) is 3.55. The van der Waals surface area contributed by atoms with E-state index in [0.717, 1.165) is 24.8 Å². The lowest BCUT2D eigenvalue weighted by Crippen LogP contribution is -2.42. The van der Waals surface area contributed by atoms with E-state index in [0.29, 0.717) is 49.0 Å². The number of fused-ring (bicyclic) bond motifs is 1. The Morgan fingerprint density at radius 3 is 2.53 bits per heavy atom. The molecule has 1 unspecified atom stereocenters. The van der Waals surface area contributed by atoms with Gasteiger partial charge in [0, 0.05) is 25.2 Å². The number of rotatable bonds is 6. The van der Waals surface area contributed by atoms with Crippen LogP contribution in [-0.2, 0) is 9.53 Å². The molecule has 0 bridgehead atoms. The zero-order chi connectivity index (χ0) is 21.9. The van der Waals surface area contributed by atoms with Crippen molar-refractivity contribution in [1.29, 1.82) is 0 Å². The molecule has 0 radical (unpaired) electrons. The maximum absolute atomic E-state index is 12.2. The summed E-state index contributed by atoms with van der Waals surface area (Å²) in [5.41, 5.74) is 0.969. The molecule has 1 saturated heterocycles. The van der Waals surface area contributed by atoms with E-state index in [1.54, 1.807) is 11.0 Å². The minimum absolute atomic E-state index is 0.160. The third-order valence-corrected chi connectivity index (χ3v) is 5.55. The molecule has 0 saturated carbocycles. The fraction of sp³-hybridized carbons (Fsp3) is 0.636. The van der Waals surface area contributed by atoms with E-state index in [1.165, 1.54) is 4.90 Å². The number of hydrogen-bond donors (Lipinski definition) is 1. The molecule has 3 rings (SSSR count). The Morgan fingerprint density at radius 2 is 1.93 bits per heavy atom. The second-order valence-electron chi connectivity index (χ2n) is 8.98. The molecule has 8 nitrogen and oxygen atoms in total. The van der Waals surface area contributed by atoms with Crippen LogP contribution in [0.2, 0.25) is 0 Å². The minimum atomic E-state index is -1.04. The molecule has 1 atom stereocenters. The molecule has 2 aliphatic rings. The molecule has 8 heteroatoms. The van der Waals surface area contributed by atoms with Crippen LogP contribution in [-0.4, -0.2) is 59.4 Å². The first-order valence-electron chi connectivity index (χ1n) is 10.4. The summed E-state index contributed by atoms with van der Waals surface area (Å²) < 4.78 is 16.2. The highest BCUT2D eigenvalue weighted by atomic mass is 16.7. The van der Waals surface area contributed by atoms with E-state index in [2.05, 4.69) is 0 Å². The zero-order valence-electron chi connectivity index (χ0n) is 18.2. The maximum Gasteiger partial charge on any atom is 0.410 e. The van der Waals surface area contributed by atoms with Crippen LogP contribution in [0.25, 0.3) is 0 Å². The van der Waals surface area contributed by atoms with Crippen LogP contribution in [0.3, 0.4) is 0 Å². The van der Waals surface area contributed by atoms with Gasteiger partial charge in [0.15, 0.2) is 17.7 Å². The maximum atomic E-state index is 12.2. The molecular weight excluding hydrogens is 388 g/mol. The predicted octanol–water partition coefficient (Wildman–Crippen LogP) is 3.21. The summed E-state index contributed by atoms with van der Waals surface area (Å²) in [6.07, 6.45) is 1.84. The van der Waals surface area contributed by atoms with E-state index < -0.39 is 11.8 Å². The third-order valence-electron chi connectivity index (χ3n) is 5.55. The molecule has 1 aromatic rings. The van der Waals surface area contributed by atoms with Crippen molar-refractivity contribution in [2.24, 2.45) is 5.92 Å². The van der Waals surface area contributed by atoms with Gasteiger partial charge in [-0.15, -0.1) is 0 Å². The Kier molecular flexibility index (Phi) is 6.75. The van der Waals surface area contributed by atoms with Crippen LogP contribution < -0.4 is 9.47 Å². The number of carbonyl (C=O) groups is 2. The number of piperidine rings is 1. The highest BCUT2D eigenvalue weighted by molar-refractivity contribution is 5.68. The summed E-state index contributed by atoms with van der Waals surface area (Å²) >= 11 is 0. The van der Waals surface area contributed by atoms with E-state index in [4.69, 9.17) is 14.2 Å². The zero-order valence-corrected chi connectivity index (χ0v) is 18.2. The number of hydrogen-bond acceptors (Lipinski definition) is 6. The van der Waals surface area contributed by atoms with E-state index in [9.17, 15) is 14.7 Å². The van der Waals surface area contributed by atoms with Crippen LogP contribution in [0.1, 0.15) is 57.4 Å². The van der Waals surface area contributed by atoms with Crippen molar-refractivity contribution >= 4 is 12.5 Å². The highest BCUT2D eigenvalue weighted by Gasteiger charge is 2.28. The fourth-order valence-corrected chi connectivity index (χ4v) is 3.81. The number of benzene rings is 1. The number of amides is 2. The molecule has 1 N–H and O–H groups in total. The van der Waals surface area contributed by atoms with Crippen molar-refractivity contribution in [3.05, 3.63) is 23.3 Å². The first kappa shape index (κ1) is 22.2. The largest absolute Gasteiger partial charge is 0.454 e. The van der Waals surface area contributed by atoms with Crippen LogP contribution in [0.5, 0.6) is 11.5 Å². The van der Waals surface area contributed by atoms with Gasteiger partial charge in [-0.3, -0.25) is 4.79 Å². The molecule has 0 aliphatic carbocycles. The smallest absolute Gasteiger partial charge is 0.410 e. The number of likely N-dealkylation sites (tertiary alicyclic amines) is 1. The summed E-state index contributed by atoms with van der Waals surface area (Å²) in [5.74, 6) is 1.61. The van der Waals surface area contributed by atoms with Gasteiger partial charge in [0.25, 0.3) is 0 Å². The van der Waals surface area contributed by atoms with Gasteiger partial charge < -0.3 is 29.1 Å². The van der Waals surface area contributed by atoms with Gasteiger partial charge in [-0.1, -0.05) is 0 Å². The average Bonchev–Trinajstić information content (AvgIpc) is 3.14. The normalized spacial score (nSPS) is 17.6. The van der Waals surface area contributed by atoms with Crippen LogP contribution >= 0.6 is 0 Å². The predicted molar refractivity (Wildman–Crippen MR) is 110 cm³/mol. The molecule has 1 fully saturated rings. The molecule has 30 heavy (non-hydrogen) atoms. The Labute approximate surface area is 177 Å². The van der Waals surface area contributed by atoms with Gasteiger partial charge in [-0.05, 0) is 70.6 Å². The Hall–Kier alpha value is -2.48. The average molecular weight is 421 g/mol. The molecule has 2 heterocycles. The van der Waals surface area contributed by atoms with Gasteiger partial charge in [-0.2, -0.15) is 0 Å². The lowest BCUT2D eigenvalue weighted by Gasteiger charge is -2.34. The van der Waals surface area contributed by atoms with Crippen molar-refractivity contribution in [2.45, 2.75) is 58.8 Å². The van der Waals surface area contributed by atoms with Crippen LogP contribution in [0.4, 0.5) is 4.79 Å². The third kappa shape index (κ3) is 5.36. The molecule has 0 spiro atoms. The van der Waals surface area contributed by atoms with Gasteiger partial charge in [0.05, 0.1) is 0 Å². The second-order valence-corrected chi connectivity index (χ2v) is 8.98. The summed E-state index contributed by atoms with van der Waals surface area (Å²) in [7, 11) is 0. The van der Waals surface area contributed by atoms with E-state index in [-0.39, 0.29) is 12.9 Å². The molecule has 1 aromatic carbocycles. The number of aliphatic hydroxyl groups is 1. The standard InChI is InChI=1S/C22H32N2O6/c1-15-11-18-19(29-14-28-18)12-17(15)20(26)24(13-25)10-7-16-5-8-23(9-6-16)21(27)30-22(2,3)4/h11-13,16,20,26H,5-10,14H2,1-4H3. The van der Waals surface area contributed by atoms with Crippen molar-refractivity contribution in [3.63, 3.8) is 0 Å². The molecule has 2 aliphatic heterocycles. The summed E-state index contributed by atoms with van der Waals surface area (Å²) in [4.78, 5) is 27.0. The molecule has 166 valence electrons. The molecule has 0 aromatic heterocycles. The summed E-state index contributed by atoms with van der Waals surface area (Å²) in [5, 5.41) is 10.8. The molecule has 2 amide bonds. The fourth-order valence-electron chi connectivity index (χ4n) is 3.81.